The third-order valence-corrected chi connectivity index (χ3v) is 2.28. The van der Waals surface area contributed by atoms with Gasteiger partial charge in [0.2, 0.25) is 5.91 Å². The Kier molecular flexibility index (Phi) is 5.25. The molecule has 0 aliphatic carbocycles. The summed E-state index contributed by atoms with van der Waals surface area (Å²) in [5.74, 6) is -1.75. The third-order valence-electron chi connectivity index (χ3n) is 2.28. The average molecular weight is 270 g/mol. The molecule has 0 aliphatic heterocycles. The monoisotopic (exact) mass is 270 g/mol. The van der Waals surface area contributed by atoms with E-state index in [0.717, 1.165) is 6.07 Å². The maximum absolute atomic E-state index is 12.9. The number of rotatable bonds is 6. The van der Waals surface area contributed by atoms with Crippen molar-refractivity contribution in [3.63, 3.8) is 0 Å². The zero-order valence-corrected chi connectivity index (χ0v) is 10.3. The van der Waals surface area contributed by atoms with Gasteiger partial charge in [0.05, 0.1) is 6.54 Å². The second kappa shape index (κ2) is 6.69. The molecule has 4 N–H and O–H groups in total. The first kappa shape index (κ1) is 14.9. The van der Waals surface area contributed by atoms with Crippen molar-refractivity contribution in [2.24, 2.45) is 5.73 Å². The summed E-state index contributed by atoms with van der Waals surface area (Å²) < 4.78 is 18.1. The zero-order chi connectivity index (χ0) is 14.4. The number of aliphatic hydroxyl groups excluding tert-OH is 1. The van der Waals surface area contributed by atoms with Crippen molar-refractivity contribution >= 4 is 11.8 Å². The number of carbonyl (C=O) groups is 2. The first-order chi connectivity index (χ1) is 8.90. The van der Waals surface area contributed by atoms with Gasteiger partial charge >= 0.3 is 0 Å². The lowest BCUT2D eigenvalue weighted by Crippen LogP contribution is -2.44. The van der Waals surface area contributed by atoms with Crippen LogP contribution in [-0.4, -0.2) is 35.7 Å². The summed E-state index contributed by atoms with van der Waals surface area (Å²) in [6.45, 7) is 1.15. The molecule has 0 spiro atoms. The molecule has 0 fully saturated rings. The Balaban J connectivity index is 2.47. The number of ether oxygens (including phenoxy) is 1. The van der Waals surface area contributed by atoms with Crippen LogP contribution in [0.2, 0.25) is 0 Å². The van der Waals surface area contributed by atoms with Crippen LogP contribution in [0.15, 0.2) is 24.3 Å². The number of aliphatic hydroxyl groups is 1. The van der Waals surface area contributed by atoms with E-state index < -0.39 is 29.8 Å². The summed E-state index contributed by atoms with van der Waals surface area (Å²) in [5.41, 5.74) is 4.83. The average Bonchev–Trinajstić information content (AvgIpc) is 2.35. The van der Waals surface area contributed by atoms with E-state index >= 15 is 0 Å². The maximum Gasteiger partial charge on any atom is 0.260 e. The fourth-order valence-corrected chi connectivity index (χ4v) is 1.24. The number of primary amides is 1. The molecule has 0 aromatic heterocycles. The SMILES string of the molecule is CC(Oc1cccc(F)c1)C(=O)NCC(O)C(N)=O. The van der Waals surface area contributed by atoms with Crippen molar-refractivity contribution in [1.82, 2.24) is 5.32 Å². The Morgan fingerprint density at radius 3 is 2.79 bits per heavy atom. The predicted octanol–water partition coefficient (Wildman–Crippen LogP) is -0.445. The molecule has 0 heterocycles. The summed E-state index contributed by atoms with van der Waals surface area (Å²) in [4.78, 5) is 22.1. The van der Waals surface area contributed by atoms with E-state index in [1.807, 2.05) is 0 Å². The molecule has 6 nitrogen and oxygen atoms in total. The number of nitrogens with one attached hydrogen (secondary N) is 1. The van der Waals surface area contributed by atoms with Crippen LogP contribution in [0.4, 0.5) is 4.39 Å². The predicted molar refractivity (Wildman–Crippen MR) is 64.7 cm³/mol. The topological polar surface area (TPSA) is 102 Å². The van der Waals surface area contributed by atoms with E-state index in [4.69, 9.17) is 15.6 Å². The van der Waals surface area contributed by atoms with Crippen molar-refractivity contribution < 1.29 is 23.8 Å². The summed E-state index contributed by atoms with van der Waals surface area (Å²) in [6.07, 6.45) is -2.35. The van der Waals surface area contributed by atoms with Crippen LogP contribution < -0.4 is 15.8 Å². The number of benzene rings is 1. The molecule has 0 bridgehead atoms. The van der Waals surface area contributed by atoms with Gasteiger partial charge < -0.3 is 20.9 Å². The van der Waals surface area contributed by atoms with Crippen LogP contribution in [0, 0.1) is 5.82 Å². The lowest BCUT2D eigenvalue weighted by atomic mass is 10.3. The van der Waals surface area contributed by atoms with Gasteiger partial charge in [0.1, 0.15) is 17.7 Å². The van der Waals surface area contributed by atoms with Gasteiger partial charge in [-0.1, -0.05) is 6.07 Å². The molecule has 7 heteroatoms. The van der Waals surface area contributed by atoms with Crippen LogP contribution in [0.5, 0.6) is 5.75 Å². The Morgan fingerprint density at radius 2 is 2.21 bits per heavy atom. The normalized spacial score (nSPS) is 13.4. The number of hydrogen-bond acceptors (Lipinski definition) is 4. The van der Waals surface area contributed by atoms with E-state index in [9.17, 15) is 14.0 Å². The van der Waals surface area contributed by atoms with Crippen LogP contribution in [-0.2, 0) is 9.59 Å². The fourth-order valence-electron chi connectivity index (χ4n) is 1.24. The first-order valence-corrected chi connectivity index (χ1v) is 5.57. The van der Waals surface area contributed by atoms with Crippen LogP contribution in [0.3, 0.4) is 0 Å². The van der Waals surface area contributed by atoms with E-state index in [2.05, 4.69) is 5.32 Å². The van der Waals surface area contributed by atoms with E-state index in [0.29, 0.717) is 0 Å². The highest BCUT2D eigenvalue weighted by molar-refractivity contribution is 5.83. The molecule has 2 unspecified atom stereocenters. The molecule has 1 aromatic carbocycles. The van der Waals surface area contributed by atoms with Crippen LogP contribution in [0.1, 0.15) is 6.92 Å². The maximum atomic E-state index is 12.9. The largest absolute Gasteiger partial charge is 0.481 e. The zero-order valence-electron chi connectivity index (χ0n) is 10.3. The van der Waals surface area contributed by atoms with Gasteiger partial charge in [-0.15, -0.1) is 0 Å². The standard InChI is InChI=1S/C12H15FN2O4/c1-7(12(18)15-6-10(16)11(14)17)19-9-4-2-3-8(13)5-9/h2-5,7,10,16H,6H2,1H3,(H2,14,17)(H,15,18). The van der Waals surface area contributed by atoms with Crippen molar-refractivity contribution in [2.45, 2.75) is 19.1 Å². The van der Waals surface area contributed by atoms with Gasteiger partial charge in [0.15, 0.2) is 6.10 Å². The molecular formula is C12H15FN2O4. The summed E-state index contributed by atoms with van der Waals surface area (Å²) in [5, 5.41) is 11.4. The Labute approximate surface area is 109 Å². The second-order valence-electron chi connectivity index (χ2n) is 3.88. The number of hydrogen-bond donors (Lipinski definition) is 3. The Morgan fingerprint density at radius 1 is 1.53 bits per heavy atom. The highest BCUT2D eigenvalue weighted by atomic mass is 19.1. The lowest BCUT2D eigenvalue weighted by Gasteiger charge is -2.15. The highest BCUT2D eigenvalue weighted by Gasteiger charge is 2.17. The fraction of sp³-hybridized carbons (Fsp3) is 0.333. The minimum atomic E-state index is -1.45. The van der Waals surface area contributed by atoms with E-state index in [1.54, 1.807) is 0 Å². The summed E-state index contributed by atoms with van der Waals surface area (Å²) in [7, 11) is 0. The number of carbonyl (C=O) groups excluding carboxylic acids is 2. The van der Waals surface area contributed by atoms with Gasteiger partial charge in [0.25, 0.3) is 5.91 Å². The van der Waals surface area contributed by atoms with Crippen molar-refractivity contribution in [3.8, 4) is 5.75 Å². The van der Waals surface area contributed by atoms with Crippen molar-refractivity contribution in [3.05, 3.63) is 30.1 Å². The number of nitrogens with two attached hydrogens (primary N) is 1. The molecule has 104 valence electrons. The molecular weight excluding hydrogens is 255 g/mol. The molecule has 2 atom stereocenters. The molecule has 0 saturated carbocycles. The first-order valence-electron chi connectivity index (χ1n) is 5.57. The number of amides is 2. The quantitative estimate of drug-likeness (QED) is 0.652. The van der Waals surface area contributed by atoms with Crippen molar-refractivity contribution in [1.29, 1.82) is 0 Å². The van der Waals surface area contributed by atoms with Crippen LogP contribution >= 0.6 is 0 Å². The smallest absolute Gasteiger partial charge is 0.260 e. The minimum absolute atomic E-state index is 0.207. The summed E-state index contributed by atoms with van der Waals surface area (Å²) >= 11 is 0. The highest BCUT2D eigenvalue weighted by Crippen LogP contribution is 2.13. The Bertz CT molecular complexity index is 467. The third kappa shape index (κ3) is 4.92. The molecule has 1 rings (SSSR count). The van der Waals surface area contributed by atoms with Gasteiger partial charge in [0, 0.05) is 6.07 Å². The summed E-state index contributed by atoms with van der Waals surface area (Å²) in [6, 6.07) is 5.35. The van der Waals surface area contributed by atoms with Crippen molar-refractivity contribution in [2.75, 3.05) is 6.54 Å². The molecule has 2 amide bonds. The van der Waals surface area contributed by atoms with Crippen LogP contribution in [0.25, 0.3) is 0 Å². The minimum Gasteiger partial charge on any atom is -0.481 e. The van der Waals surface area contributed by atoms with Gasteiger partial charge in [-0.2, -0.15) is 0 Å². The molecule has 1 aromatic rings. The van der Waals surface area contributed by atoms with E-state index in [-0.39, 0.29) is 12.3 Å². The number of halogens is 1. The van der Waals surface area contributed by atoms with Gasteiger partial charge in [-0.25, -0.2) is 4.39 Å². The second-order valence-corrected chi connectivity index (χ2v) is 3.88. The Hall–Kier alpha value is -2.15. The van der Waals surface area contributed by atoms with Gasteiger partial charge in [-0.05, 0) is 19.1 Å². The molecule has 0 aliphatic rings. The van der Waals surface area contributed by atoms with Gasteiger partial charge in [-0.3, -0.25) is 9.59 Å². The molecule has 19 heavy (non-hydrogen) atoms. The molecule has 0 saturated heterocycles. The van der Waals surface area contributed by atoms with E-state index in [1.165, 1.54) is 25.1 Å². The lowest BCUT2D eigenvalue weighted by molar-refractivity contribution is -0.129. The molecule has 0 radical (unpaired) electrons.